The fourth-order valence-electron chi connectivity index (χ4n) is 1.07. The van der Waals surface area contributed by atoms with Crippen molar-refractivity contribution in [3.05, 3.63) is 42.4 Å². The molecule has 0 aliphatic carbocycles. The van der Waals surface area contributed by atoms with Crippen molar-refractivity contribution in [2.75, 3.05) is 0 Å². The van der Waals surface area contributed by atoms with Gasteiger partial charge in [0.15, 0.2) is 0 Å². The standard InChI is InChI=1S/C12H16O/c1-3-4-6-11(2)8-9-12-7-5-10-13-12/h5,7-10H,2-4,6H2,1H3/b9-8+. The number of allylic oxidation sites excluding steroid dienone is 2. The lowest BCUT2D eigenvalue weighted by Crippen LogP contribution is -1.75. The van der Waals surface area contributed by atoms with Crippen LogP contribution in [0.25, 0.3) is 6.08 Å². The zero-order valence-corrected chi connectivity index (χ0v) is 8.12. The maximum Gasteiger partial charge on any atom is 0.126 e. The number of rotatable bonds is 5. The Hall–Kier alpha value is -1.24. The van der Waals surface area contributed by atoms with Crippen LogP contribution in [0.1, 0.15) is 31.9 Å². The minimum absolute atomic E-state index is 0.887. The first-order valence-corrected chi connectivity index (χ1v) is 4.72. The maximum atomic E-state index is 5.16. The number of unbranched alkanes of at least 4 members (excludes halogenated alkanes) is 1. The van der Waals surface area contributed by atoms with Crippen LogP contribution in [0.4, 0.5) is 0 Å². The molecule has 0 atom stereocenters. The first kappa shape index (κ1) is 9.85. The van der Waals surface area contributed by atoms with Gasteiger partial charge >= 0.3 is 0 Å². The van der Waals surface area contributed by atoms with E-state index in [0.717, 1.165) is 12.2 Å². The monoisotopic (exact) mass is 176 g/mol. The highest BCUT2D eigenvalue weighted by Gasteiger charge is 1.90. The van der Waals surface area contributed by atoms with Crippen molar-refractivity contribution in [3.8, 4) is 0 Å². The summed E-state index contributed by atoms with van der Waals surface area (Å²) >= 11 is 0. The van der Waals surface area contributed by atoms with Gasteiger partial charge in [0.1, 0.15) is 5.76 Å². The van der Waals surface area contributed by atoms with E-state index in [1.54, 1.807) is 6.26 Å². The predicted molar refractivity (Wildman–Crippen MR) is 56.4 cm³/mol. The molecule has 0 bridgehead atoms. The summed E-state index contributed by atoms with van der Waals surface area (Å²) in [4.78, 5) is 0. The Morgan fingerprint density at radius 3 is 3.08 bits per heavy atom. The van der Waals surface area contributed by atoms with E-state index in [9.17, 15) is 0 Å². The summed E-state index contributed by atoms with van der Waals surface area (Å²) in [6.07, 6.45) is 9.16. The highest BCUT2D eigenvalue weighted by molar-refractivity contribution is 5.46. The van der Waals surface area contributed by atoms with Crippen LogP contribution in [0.3, 0.4) is 0 Å². The zero-order valence-electron chi connectivity index (χ0n) is 8.12. The lowest BCUT2D eigenvalue weighted by atomic mass is 10.1. The van der Waals surface area contributed by atoms with Gasteiger partial charge in [0.05, 0.1) is 6.26 Å². The molecule has 1 nitrogen and oxygen atoms in total. The third-order valence-electron chi connectivity index (χ3n) is 1.88. The van der Waals surface area contributed by atoms with Gasteiger partial charge in [-0.3, -0.25) is 0 Å². The fraction of sp³-hybridized carbons (Fsp3) is 0.333. The smallest absolute Gasteiger partial charge is 0.126 e. The summed E-state index contributed by atoms with van der Waals surface area (Å²) < 4.78 is 5.16. The van der Waals surface area contributed by atoms with Gasteiger partial charge in [-0.25, -0.2) is 0 Å². The molecule has 1 heterocycles. The lowest BCUT2D eigenvalue weighted by molar-refractivity contribution is 0.557. The largest absolute Gasteiger partial charge is 0.465 e. The highest BCUT2D eigenvalue weighted by Crippen LogP contribution is 2.09. The van der Waals surface area contributed by atoms with Crippen LogP contribution in [0, 0.1) is 0 Å². The molecule has 0 saturated heterocycles. The van der Waals surface area contributed by atoms with E-state index in [-0.39, 0.29) is 0 Å². The fourth-order valence-corrected chi connectivity index (χ4v) is 1.07. The van der Waals surface area contributed by atoms with E-state index in [4.69, 9.17) is 4.42 Å². The average Bonchev–Trinajstić information content (AvgIpc) is 2.64. The summed E-state index contributed by atoms with van der Waals surface area (Å²) in [7, 11) is 0. The normalized spacial score (nSPS) is 10.8. The molecule has 0 saturated carbocycles. The van der Waals surface area contributed by atoms with E-state index in [1.807, 2.05) is 24.3 Å². The Balaban J connectivity index is 2.35. The Bertz CT molecular complexity index is 267. The lowest BCUT2D eigenvalue weighted by Gasteiger charge is -1.95. The van der Waals surface area contributed by atoms with E-state index >= 15 is 0 Å². The van der Waals surface area contributed by atoms with Gasteiger partial charge in [-0.2, -0.15) is 0 Å². The molecule has 1 rings (SSSR count). The molecule has 1 heteroatoms. The third kappa shape index (κ3) is 3.79. The van der Waals surface area contributed by atoms with Crippen LogP contribution in [-0.2, 0) is 0 Å². The van der Waals surface area contributed by atoms with Crippen molar-refractivity contribution in [1.29, 1.82) is 0 Å². The summed E-state index contributed by atoms with van der Waals surface area (Å²) in [6.45, 7) is 6.15. The van der Waals surface area contributed by atoms with Crippen LogP contribution in [0.5, 0.6) is 0 Å². The Morgan fingerprint density at radius 2 is 2.46 bits per heavy atom. The molecule has 0 aromatic carbocycles. The number of hydrogen-bond acceptors (Lipinski definition) is 1. The summed E-state index contributed by atoms with van der Waals surface area (Å²) in [5, 5.41) is 0. The van der Waals surface area contributed by atoms with Crippen LogP contribution >= 0.6 is 0 Å². The van der Waals surface area contributed by atoms with E-state index in [0.29, 0.717) is 0 Å². The number of hydrogen-bond donors (Lipinski definition) is 0. The topological polar surface area (TPSA) is 13.1 Å². The summed E-state index contributed by atoms with van der Waals surface area (Å²) in [6, 6.07) is 3.82. The Labute approximate surface area is 79.8 Å². The van der Waals surface area contributed by atoms with Crippen molar-refractivity contribution in [1.82, 2.24) is 0 Å². The SMILES string of the molecule is C=C(/C=C/c1ccco1)CCCC. The van der Waals surface area contributed by atoms with E-state index < -0.39 is 0 Å². The van der Waals surface area contributed by atoms with Gasteiger partial charge in [-0.05, 0) is 31.1 Å². The first-order chi connectivity index (χ1) is 6.33. The van der Waals surface area contributed by atoms with Crippen molar-refractivity contribution in [2.45, 2.75) is 26.2 Å². The molecule has 0 fully saturated rings. The molecule has 0 radical (unpaired) electrons. The van der Waals surface area contributed by atoms with Crippen molar-refractivity contribution in [3.63, 3.8) is 0 Å². The molecule has 70 valence electrons. The first-order valence-electron chi connectivity index (χ1n) is 4.72. The molecule has 0 N–H and O–H groups in total. The molecule has 0 aliphatic rings. The molecule has 13 heavy (non-hydrogen) atoms. The molecular weight excluding hydrogens is 160 g/mol. The van der Waals surface area contributed by atoms with Gasteiger partial charge in [0.25, 0.3) is 0 Å². The quantitative estimate of drug-likeness (QED) is 0.617. The summed E-state index contributed by atoms with van der Waals surface area (Å²) in [5.41, 5.74) is 1.17. The predicted octanol–water partition coefficient (Wildman–Crippen LogP) is 4.04. The van der Waals surface area contributed by atoms with Gasteiger partial charge in [0.2, 0.25) is 0 Å². The molecule has 0 amide bonds. The zero-order chi connectivity index (χ0) is 9.52. The Kier molecular flexibility index (Phi) is 4.10. The second-order valence-corrected chi connectivity index (χ2v) is 3.11. The van der Waals surface area contributed by atoms with Crippen molar-refractivity contribution < 1.29 is 4.42 Å². The van der Waals surface area contributed by atoms with E-state index in [1.165, 1.54) is 18.4 Å². The van der Waals surface area contributed by atoms with E-state index in [2.05, 4.69) is 13.5 Å². The van der Waals surface area contributed by atoms with Gasteiger partial charge in [-0.15, -0.1) is 0 Å². The van der Waals surface area contributed by atoms with Gasteiger partial charge < -0.3 is 4.42 Å². The summed E-state index contributed by atoms with van der Waals surface area (Å²) in [5.74, 6) is 0.887. The van der Waals surface area contributed by atoms with Crippen LogP contribution in [0.15, 0.2) is 41.0 Å². The second-order valence-electron chi connectivity index (χ2n) is 3.11. The minimum Gasteiger partial charge on any atom is -0.465 e. The maximum absolute atomic E-state index is 5.16. The molecule has 0 spiro atoms. The highest BCUT2D eigenvalue weighted by atomic mass is 16.3. The van der Waals surface area contributed by atoms with Crippen LogP contribution in [-0.4, -0.2) is 0 Å². The third-order valence-corrected chi connectivity index (χ3v) is 1.88. The molecule has 1 aromatic rings. The molecule has 0 unspecified atom stereocenters. The number of furan rings is 1. The minimum atomic E-state index is 0.887. The second kappa shape index (κ2) is 5.41. The van der Waals surface area contributed by atoms with Gasteiger partial charge in [-0.1, -0.05) is 31.6 Å². The van der Waals surface area contributed by atoms with Crippen LogP contribution < -0.4 is 0 Å². The van der Waals surface area contributed by atoms with Gasteiger partial charge in [0, 0.05) is 0 Å². The Morgan fingerprint density at radius 1 is 1.62 bits per heavy atom. The molecular formula is C12H16O. The van der Waals surface area contributed by atoms with Crippen molar-refractivity contribution in [2.24, 2.45) is 0 Å². The van der Waals surface area contributed by atoms with Crippen LogP contribution in [0.2, 0.25) is 0 Å². The van der Waals surface area contributed by atoms with Crippen molar-refractivity contribution >= 4 is 6.08 Å². The molecule has 0 aliphatic heterocycles. The average molecular weight is 176 g/mol. The molecule has 1 aromatic heterocycles.